The zero-order valence-electron chi connectivity index (χ0n) is 9.10. The van der Waals surface area contributed by atoms with Gasteiger partial charge in [-0.05, 0) is 12.1 Å². The fraction of sp³-hybridized carbons (Fsp3) is 0.0833. The van der Waals surface area contributed by atoms with Gasteiger partial charge in [0.1, 0.15) is 0 Å². The molecule has 0 aliphatic rings. The first kappa shape index (κ1) is 10.9. The normalized spacial score (nSPS) is 9.65. The number of benzene rings is 1. The Balaban J connectivity index is 2.51. The van der Waals surface area contributed by atoms with Crippen molar-refractivity contribution in [3.05, 3.63) is 41.7 Å². The van der Waals surface area contributed by atoms with Crippen LogP contribution in [0, 0.1) is 11.3 Å². The molecular formula is C12H9N3O2. The molecule has 0 saturated heterocycles. The van der Waals surface area contributed by atoms with E-state index in [1.807, 2.05) is 0 Å². The smallest absolute Gasteiger partial charge is 0.337 e. The molecule has 0 bridgehead atoms. The predicted octanol–water partition coefficient (Wildman–Crippen LogP) is 1.73. The van der Waals surface area contributed by atoms with Gasteiger partial charge in [-0.1, -0.05) is 6.07 Å². The number of aromatic amines is 1. The molecule has 2 rings (SSSR count). The molecule has 0 fully saturated rings. The average Bonchev–Trinajstić information content (AvgIpc) is 2.90. The number of esters is 1. The number of nitrogens with zero attached hydrogens (tertiary/aromatic N) is 2. The fourth-order valence-corrected chi connectivity index (χ4v) is 1.53. The van der Waals surface area contributed by atoms with Crippen LogP contribution in [0.3, 0.4) is 0 Å². The molecule has 0 radical (unpaired) electrons. The quantitative estimate of drug-likeness (QED) is 0.792. The molecule has 5 nitrogen and oxygen atoms in total. The molecule has 84 valence electrons. The van der Waals surface area contributed by atoms with Crippen LogP contribution in [0.2, 0.25) is 0 Å². The maximum Gasteiger partial charge on any atom is 0.337 e. The van der Waals surface area contributed by atoms with Crippen LogP contribution in [0.5, 0.6) is 0 Å². The number of nitrogens with one attached hydrogen (secondary N) is 1. The third kappa shape index (κ3) is 2.01. The topological polar surface area (TPSA) is 78.8 Å². The summed E-state index contributed by atoms with van der Waals surface area (Å²) in [5, 5.41) is 15.6. The van der Waals surface area contributed by atoms with Gasteiger partial charge in [-0.2, -0.15) is 10.4 Å². The molecule has 0 unspecified atom stereocenters. The molecule has 0 atom stereocenters. The number of carbonyl (C=O) groups excluding carboxylic acids is 1. The molecule has 0 aliphatic heterocycles. The van der Waals surface area contributed by atoms with Crippen LogP contribution >= 0.6 is 0 Å². The van der Waals surface area contributed by atoms with Crippen molar-refractivity contribution in [2.45, 2.75) is 0 Å². The highest BCUT2D eigenvalue weighted by atomic mass is 16.5. The summed E-state index contributed by atoms with van der Waals surface area (Å²) < 4.78 is 4.60. The monoisotopic (exact) mass is 227 g/mol. The molecule has 0 aliphatic carbocycles. The summed E-state index contributed by atoms with van der Waals surface area (Å²) in [5.41, 5.74) is 2.30. The van der Waals surface area contributed by atoms with Crippen molar-refractivity contribution >= 4 is 5.97 Å². The Hall–Kier alpha value is -2.61. The lowest BCUT2D eigenvalue weighted by molar-refractivity contribution is 0.0600. The van der Waals surface area contributed by atoms with E-state index in [4.69, 9.17) is 5.26 Å². The van der Waals surface area contributed by atoms with Crippen LogP contribution in [-0.2, 0) is 4.74 Å². The van der Waals surface area contributed by atoms with Gasteiger partial charge in [-0.15, -0.1) is 0 Å². The molecule has 5 heteroatoms. The van der Waals surface area contributed by atoms with Crippen LogP contribution in [0.1, 0.15) is 15.9 Å². The van der Waals surface area contributed by atoms with Gasteiger partial charge >= 0.3 is 5.97 Å². The summed E-state index contributed by atoms with van der Waals surface area (Å²) in [5.74, 6) is -0.458. The van der Waals surface area contributed by atoms with Gasteiger partial charge in [0.25, 0.3) is 0 Å². The molecule has 1 N–H and O–H groups in total. The number of nitriles is 1. The Morgan fingerprint density at radius 3 is 2.94 bits per heavy atom. The van der Waals surface area contributed by atoms with Crippen molar-refractivity contribution in [3.8, 4) is 17.2 Å². The predicted molar refractivity (Wildman–Crippen MR) is 60.1 cm³/mol. The van der Waals surface area contributed by atoms with Crippen molar-refractivity contribution in [1.82, 2.24) is 10.2 Å². The fourth-order valence-electron chi connectivity index (χ4n) is 1.53. The van der Waals surface area contributed by atoms with Gasteiger partial charge in [0.2, 0.25) is 0 Å². The summed E-state index contributed by atoms with van der Waals surface area (Å²) >= 11 is 0. The summed E-state index contributed by atoms with van der Waals surface area (Å²) in [7, 11) is 1.30. The van der Waals surface area contributed by atoms with Crippen LogP contribution < -0.4 is 0 Å². The lowest BCUT2D eigenvalue weighted by Gasteiger charge is -2.03. The zero-order chi connectivity index (χ0) is 12.3. The Kier molecular flexibility index (Phi) is 2.88. The van der Waals surface area contributed by atoms with Crippen molar-refractivity contribution in [3.63, 3.8) is 0 Å². The van der Waals surface area contributed by atoms with Crippen LogP contribution in [0.4, 0.5) is 0 Å². The Morgan fingerprint density at radius 2 is 2.35 bits per heavy atom. The molecule has 1 aromatic carbocycles. The number of ether oxygens (including phenoxy) is 1. The molecule has 2 aromatic rings. The van der Waals surface area contributed by atoms with Crippen molar-refractivity contribution < 1.29 is 9.53 Å². The van der Waals surface area contributed by atoms with Crippen molar-refractivity contribution in [2.75, 3.05) is 7.11 Å². The molecule has 0 spiro atoms. The Morgan fingerprint density at radius 1 is 1.53 bits per heavy atom. The van der Waals surface area contributed by atoms with Gasteiger partial charge in [-0.3, -0.25) is 5.10 Å². The lowest BCUT2D eigenvalue weighted by Crippen LogP contribution is -2.01. The maximum absolute atomic E-state index is 11.3. The Bertz CT molecular complexity index is 582. The lowest BCUT2D eigenvalue weighted by atomic mass is 10.0. The molecule has 0 amide bonds. The first-order valence-electron chi connectivity index (χ1n) is 4.88. The Labute approximate surface area is 97.6 Å². The maximum atomic E-state index is 11.3. The van der Waals surface area contributed by atoms with E-state index < -0.39 is 5.97 Å². The molecular weight excluding hydrogens is 218 g/mol. The first-order valence-corrected chi connectivity index (χ1v) is 4.88. The molecule has 1 heterocycles. The minimum Gasteiger partial charge on any atom is -0.465 e. The standard InChI is InChI=1S/C12H9N3O2/c1-17-12(16)8-2-3-11(9(4-8)5-13)10-6-14-15-7-10/h2-4,6-7H,1H3,(H,14,15). The summed E-state index contributed by atoms with van der Waals surface area (Å²) in [6, 6.07) is 6.89. The number of methoxy groups -OCH3 is 1. The molecule has 0 saturated carbocycles. The van der Waals surface area contributed by atoms with Gasteiger partial charge in [0.05, 0.1) is 30.5 Å². The van der Waals surface area contributed by atoms with Crippen molar-refractivity contribution in [2.24, 2.45) is 0 Å². The minimum atomic E-state index is -0.458. The highest BCUT2D eigenvalue weighted by Gasteiger charge is 2.11. The van der Waals surface area contributed by atoms with E-state index in [1.165, 1.54) is 13.2 Å². The second-order valence-electron chi connectivity index (χ2n) is 3.35. The molecule has 1 aromatic heterocycles. The summed E-state index contributed by atoms with van der Waals surface area (Å²) in [6.07, 6.45) is 3.31. The van der Waals surface area contributed by atoms with Crippen LogP contribution in [0.15, 0.2) is 30.6 Å². The number of carbonyl (C=O) groups is 1. The van der Waals surface area contributed by atoms with E-state index in [1.54, 1.807) is 24.5 Å². The minimum absolute atomic E-state index is 0.358. The largest absolute Gasteiger partial charge is 0.465 e. The van der Waals surface area contributed by atoms with Crippen molar-refractivity contribution in [1.29, 1.82) is 5.26 Å². The highest BCUT2D eigenvalue weighted by Crippen LogP contribution is 2.23. The number of rotatable bonds is 2. The third-order valence-electron chi connectivity index (χ3n) is 2.37. The van der Waals surface area contributed by atoms with E-state index in [0.29, 0.717) is 11.1 Å². The van der Waals surface area contributed by atoms with Gasteiger partial charge in [0.15, 0.2) is 0 Å². The van der Waals surface area contributed by atoms with Gasteiger partial charge < -0.3 is 4.74 Å². The van der Waals surface area contributed by atoms with E-state index in [2.05, 4.69) is 21.0 Å². The van der Waals surface area contributed by atoms with E-state index >= 15 is 0 Å². The first-order chi connectivity index (χ1) is 8.26. The van der Waals surface area contributed by atoms with Crippen LogP contribution in [0.25, 0.3) is 11.1 Å². The number of hydrogen-bond acceptors (Lipinski definition) is 4. The molecule has 17 heavy (non-hydrogen) atoms. The SMILES string of the molecule is COC(=O)c1ccc(-c2cn[nH]c2)c(C#N)c1. The zero-order valence-corrected chi connectivity index (χ0v) is 9.10. The summed E-state index contributed by atoms with van der Waals surface area (Å²) in [4.78, 5) is 11.3. The van der Waals surface area contributed by atoms with E-state index in [9.17, 15) is 4.79 Å². The second kappa shape index (κ2) is 4.49. The second-order valence-corrected chi connectivity index (χ2v) is 3.35. The van der Waals surface area contributed by atoms with Crippen LogP contribution in [-0.4, -0.2) is 23.3 Å². The highest BCUT2D eigenvalue weighted by molar-refractivity contribution is 5.91. The third-order valence-corrected chi connectivity index (χ3v) is 2.37. The van der Waals surface area contributed by atoms with E-state index in [0.717, 1.165) is 11.1 Å². The number of H-pyrrole nitrogens is 1. The van der Waals surface area contributed by atoms with Gasteiger partial charge in [-0.25, -0.2) is 4.79 Å². The summed E-state index contributed by atoms with van der Waals surface area (Å²) in [6.45, 7) is 0. The van der Waals surface area contributed by atoms with Gasteiger partial charge in [0, 0.05) is 17.3 Å². The average molecular weight is 227 g/mol. The van der Waals surface area contributed by atoms with E-state index in [-0.39, 0.29) is 0 Å². The number of aromatic nitrogens is 2. The number of hydrogen-bond donors (Lipinski definition) is 1.